The standard InChI is InChI=1S/C17H13N3O2S/c21-13-4-5-14(15-2-1-3-17-18-6-7-20(15)17)16(8-13)22-9-12-10-23-11-19-12/h1-8,10-11,21H,9H2. The van der Waals surface area contributed by atoms with Crippen LogP contribution in [0.3, 0.4) is 0 Å². The van der Waals surface area contributed by atoms with Crippen LogP contribution < -0.4 is 4.74 Å². The van der Waals surface area contributed by atoms with E-state index in [1.165, 1.54) is 11.3 Å². The van der Waals surface area contributed by atoms with Gasteiger partial charge in [0, 0.05) is 29.4 Å². The normalized spacial score (nSPS) is 11.0. The van der Waals surface area contributed by atoms with Gasteiger partial charge in [-0.2, -0.15) is 0 Å². The first-order valence-electron chi connectivity index (χ1n) is 7.06. The van der Waals surface area contributed by atoms with E-state index in [9.17, 15) is 5.11 Å². The predicted molar refractivity (Wildman–Crippen MR) is 88.7 cm³/mol. The van der Waals surface area contributed by atoms with E-state index in [4.69, 9.17) is 4.74 Å². The van der Waals surface area contributed by atoms with E-state index in [1.807, 2.05) is 40.2 Å². The van der Waals surface area contributed by atoms with Gasteiger partial charge in [0.15, 0.2) is 0 Å². The molecule has 0 atom stereocenters. The Labute approximate surface area is 136 Å². The van der Waals surface area contributed by atoms with E-state index in [0.29, 0.717) is 12.4 Å². The topological polar surface area (TPSA) is 59.7 Å². The van der Waals surface area contributed by atoms with Gasteiger partial charge < -0.3 is 9.84 Å². The van der Waals surface area contributed by atoms with Crippen molar-refractivity contribution in [2.24, 2.45) is 0 Å². The van der Waals surface area contributed by atoms with Gasteiger partial charge in [0.05, 0.1) is 16.9 Å². The zero-order valence-electron chi connectivity index (χ0n) is 12.1. The lowest BCUT2D eigenvalue weighted by atomic mass is 10.1. The molecule has 3 heterocycles. The molecule has 0 aliphatic heterocycles. The fourth-order valence-corrected chi connectivity index (χ4v) is 3.01. The highest BCUT2D eigenvalue weighted by molar-refractivity contribution is 7.07. The first-order chi connectivity index (χ1) is 11.3. The summed E-state index contributed by atoms with van der Waals surface area (Å²) < 4.78 is 7.88. The van der Waals surface area contributed by atoms with Crippen LogP contribution in [-0.4, -0.2) is 19.5 Å². The van der Waals surface area contributed by atoms with Gasteiger partial charge in [-0.25, -0.2) is 9.97 Å². The molecule has 114 valence electrons. The Morgan fingerprint density at radius 1 is 1.17 bits per heavy atom. The molecule has 4 rings (SSSR count). The van der Waals surface area contributed by atoms with Crippen LogP contribution in [-0.2, 0) is 6.61 Å². The second-order valence-electron chi connectivity index (χ2n) is 5.02. The van der Waals surface area contributed by atoms with Crippen molar-refractivity contribution < 1.29 is 9.84 Å². The van der Waals surface area contributed by atoms with Crippen LogP contribution in [0, 0.1) is 0 Å². The number of imidazole rings is 1. The molecular weight excluding hydrogens is 310 g/mol. The van der Waals surface area contributed by atoms with Gasteiger partial charge in [-0.15, -0.1) is 11.3 Å². The molecule has 6 heteroatoms. The van der Waals surface area contributed by atoms with Crippen molar-refractivity contribution in [2.45, 2.75) is 6.61 Å². The highest BCUT2D eigenvalue weighted by Gasteiger charge is 2.11. The summed E-state index contributed by atoms with van der Waals surface area (Å²) in [7, 11) is 0. The molecule has 0 aliphatic carbocycles. The predicted octanol–water partition coefficient (Wildman–Crippen LogP) is 3.74. The SMILES string of the molecule is Oc1ccc(-c2cccc3nccn23)c(OCc2cscn2)c1. The third kappa shape index (κ3) is 2.64. The summed E-state index contributed by atoms with van der Waals surface area (Å²) in [5.41, 5.74) is 5.34. The van der Waals surface area contributed by atoms with Gasteiger partial charge in [-0.3, -0.25) is 4.40 Å². The Kier molecular flexibility index (Phi) is 3.44. The largest absolute Gasteiger partial charge is 0.508 e. The number of thiazole rings is 1. The molecule has 0 radical (unpaired) electrons. The summed E-state index contributed by atoms with van der Waals surface area (Å²) in [6.07, 6.45) is 3.66. The molecule has 0 aliphatic rings. The Bertz CT molecular complexity index is 948. The number of rotatable bonds is 4. The number of benzene rings is 1. The third-order valence-corrected chi connectivity index (χ3v) is 4.16. The zero-order chi connectivity index (χ0) is 15.6. The lowest BCUT2D eigenvalue weighted by molar-refractivity contribution is 0.301. The summed E-state index contributed by atoms with van der Waals surface area (Å²) >= 11 is 1.53. The fraction of sp³-hybridized carbons (Fsp3) is 0.0588. The average molecular weight is 323 g/mol. The summed E-state index contributed by atoms with van der Waals surface area (Å²) in [5, 5.41) is 11.7. The molecule has 0 saturated heterocycles. The van der Waals surface area contributed by atoms with Crippen molar-refractivity contribution in [3.05, 3.63) is 65.4 Å². The minimum Gasteiger partial charge on any atom is -0.508 e. The third-order valence-electron chi connectivity index (χ3n) is 3.53. The zero-order valence-corrected chi connectivity index (χ0v) is 12.9. The van der Waals surface area contributed by atoms with Crippen molar-refractivity contribution >= 4 is 17.0 Å². The summed E-state index contributed by atoms with van der Waals surface area (Å²) in [6.45, 7) is 0.361. The smallest absolute Gasteiger partial charge is 0.137 e. The molecule has 1 N–H and O–H groups in total. The highest BCUT2D eigenvalue weighted by Crippen LogP contribution is 2.33. The minimum atomic E-state index is 0.167. The number of nitrogens with zero attached hydrogens (tertiary/aromatic N) is 3. The maximum atomic E-state index is 9.80. The number of fused-ring (bicyclic) bond motifs is 1. The first-order valence-corrected chi connectivity index (χ1v) is 8.01. The van der Waals surface area contributed by atoms with Crippen molar-refractivity contribution in [2.75, 3.05) is 0 Å². The molecule has 5 nitrogen and oxygen atoms in total. The Morgan fingerprint density at radius 3 is 3.00 bits per heavy atom. The van der Waals surface area contributed by atoms with Gasteiger partial charge in [0.1, 0.15) is 23.8 Å². The number of pyridine rings is 1. The van der Waals surface area contributed by atoms with Gasteiger partial charge in [0.2, 0.25) is 0 Å². The van der Waals surface area contributed by atoms with Crippen molar-refractivity contribution in [3.63, 3.8) is 0 Å². The van der Waals surface area contributed by atoms with Crippen LogP contribution in [0.1, 0.15) is 5.69 Å². The molecule has 1 aromatic carbocycles. The van der Waals surface area contributed by atoms with Crippen LogP contribution >= 0.6 is 11.3 Å². The quantitative estimate of drug-likeness (QED) is 0.621. The van der Waals surface area contributed by atoms with Crippen LogP contribution in [0.2, 0.25) is 0 Å². The number of ether oxygens (including phenoxy) is 1. The molecule has 23 heavy (non-hydrogen) atoms. The lowest BCUT2D eigenvalue weighted by Crippen LogP contribution is -1.99. The molecule has 3 aromatic heterocycles. The molecule has 0 amide bonds. The van der Waals surface area contributed by atoms with E-state index in [-0.39, 0.29) is 5.75 Å². The van der Waals surface area contributed by atoms with E-state index in [1.54, 1.807) is 23.8 Å². The molecule has 0 spiro atoms. The Morgan fingerprint density at radius 2 is 2.13 bits per heavy atom. The van der Waals surface area contributed by atoms with E-state index in [0.717, 1.165) is 22.6 Å². The van der Waals surface area contributed by atoms with Gasteiger partial charge in [-0.05, 0) is 24.3 Å². The van der Waals surface area contributed by atoms with E-state index in [2.05, 4.69) is 9.97 Å². The summed E-state index contributed by atoms with van der Waals surface area (Å²) in [5.74, 6) is 0.777. The highest BCUT2D eigenvalue weighted by atomic mass is 32.1. The minimum absolute atomic E-state index is 0.167. The van der Waals surface area contributed by atoms with Gasteiger partial charge >= 0.3 is 0 Å². The van der Waals surface area contributed by atoms with Crippen molar-refractivity contribution in [3.8, 4) is 22.8 Å². The monoisotopic (exact) mass is 323 g/mol. The number of hydrogen-bond donors (Lipinski definition) is 1. The molecule has 0 fully saturated rings. The fourth-order valence-electron chi connectivity index (χ4n) is 2.47. The van der Waals surface area contributed by atoms with Crippen LogP contribution in [0.25, 0.3) is 16.9 Å². The first kappa shape index (κ1) is 13.8. The Hall–Kier alpha value is -2.86. The average Bonchev–Trinajstić information content (AvgIpc) is 3.24. The number of aromatic hydroxyl groups is 1. The van der Waals surface area contributed by atoms with E-state index < -0.39 is 0 Å². The van der Waals surface area contributed by atoms with Crippen LogP contribution in [0.5, 0.6) is 11.5 Å². The number of phenols is 1. The summed E-state index contributed by atoms with van der Waals surface area (Å²) in [6, 6.07) is 11.0. The maximum Gasteiger partial charge on any atom is 0.137 e. The second kappa shape index (κ2) is 5.73. The molecule has 0 bridgehead atoms. The Balaban J connectivity index is 1.77. The van der Waals surface area contributed by atoms with Gasteiger partial charge in [0.25, 0.3) is 0 Å². The van der Waals surface area contributed by atoms with Crippen LogP contribution in [0.15, 0.2) is 59.7 Å². The number of phenolic OH excluding ortho intramolecular Hbond substituents is 1. The molecular formula is C17H13N3O2S. The maximum absolute atomic E-state index is 9.80. The van der Waals surface area contributed by atoms with E-state index >= 15 is 0 Å². The lowest BCUT2D eigenvalue weighted by Gasteiger charge is -2.13. The van der Waals surface area contributed by atoms with Crippen molar-refractivity contribution in [1.82, 2.24) is 14.4 Å². The summed E-state index contributed by atoms with van der Waals surface area (Å²) in [4.78, 5) is 8.52. The molecule has 0 unspecified atom stereocenters. The molecule has 0 saturated carbocycles. The number of aromatic nitrogens is 3. The second-order valence-corrected chi connectivity index (χ2v) is 5.73. The van der Waals surface area contributed by atoms with Gasteiger partial charge in [-0.1, -0.05) is 6.07 Å². The van der Waals surface area contributed by atoms with Crippen molar-refractivity contribution in [1.29, 1.82) is 0 Å². The number of hydrogen-bond acceptors (Lipinski definition) is 5. The van der Waals surface area contributed by atoms with Crippen LogP contribution in [0.4, 0.5) is 0 Å². The molecule has 4 aromatic rings.